The second-order valence-corrected chi connectivity index (χ2v) is 7.60. The predicted molar refractivity (Wildman–Crippen MR) is 96.5 cm³/mol. The van der Waals surface area contributed by atoms with Crippen LogP contribution in [0.2, 0.25) is 0 Å². The van der Waals surface area contributed by atoms with Crippen LogP contribution in [0.25, 0.3) is 0 Å². The molecule has 2 N–H and O–H groups in total. The third-order valence-electron chi connectivity index (χ3n) is 5.71. The van der Waals surface area contributed by atoms with Crippen LogP contribution in [0.15, 0.2) is 42.9 Å². The fraction of sp³-hybridized carbons (Fsp3) is 0.400. The summed E-state index contributed by atoms with van der Waals surface area (Å²) in [6.07, 6.45) is 9.36. The first kappa shape index (κ1) is 17.6. The van der Waals surface area contributed by atoms with Crippen LogP contribution in [-0.4, -0.2) is 32.9 Å². The van der Waals surface area contributed by atoms with Crippen molar-refractivity contribution >= 4 is 11.8 Å². The molecular formula is C20H21FN4O2. The van der Waals surface area contributed by atoms with E-state index in [0.29, 0.717) is 17.7 Å². The average molecular weight is 368 g/mol. The maximum atomic E-state index is 13.4. The van der Waals surface area contributed by atoms with Crippen LogP contribution >= 0.6 is 0 Å². The monoisotopic (exact) mass is 368 g/mol. The topological polar surface area (TPSA) is 84.0 Å². The van der Waals surface area contributed by atoms with E-state index in [0.717, 1.165) is 32.1 Å². The first-order chi connectivity index (χ1) is 13.0. The van der Waals surface area contributed by atoms with Gasteiger partial charge in [-0.3, -0.25) is 14.6 Å². The molecule has 2 amide bonds. The Morgan fingerprint density at radius 2 is 1.74 bits per heavy atom. The molecule has 2 aliphatic rings. The normalized spacial score (nSPS) is 26.4. The first-order valence-electron chi connectivity index (χ1n) is 9.16. The second kappa shape index (κ2) is 6.72. The molecule has 0 saturated heterocycles. The number of fused-ring (bicyclic) bond motifs is 2. The van der Waals surface area contributed by atoms with Gasteiger partial charge in [0.15, 0.2) is 0 Å². The summed E-state index contributed by atoms with van der Waals surface area (Å²) < 4.78 is 13.4. The Morgan fingerprint density at radius 1 is 1.00 bits per heavy atom. The molecule has 7 heteroatoms. The maximum Gasteiger partial charge on any atom is 0.271 e. The minimum atomic E-state index is -0.430. The molecule has 2 atom stereocenters. The van der Waals surface area contributed by atoms with Gasteiger partial charge in [-0.15, -0.1) is 0 Å². The van der Waals surface area contributed by atoms with Crippen molar-refractivity contribution in [3.63, 3.8) is 0 Å². The lowest BCUT2D eigenvalue weighted by molar-refractivity contribution is 0.0829. The fourth-order valence-corrected chi connectivity index (χ4v) is 4.50. The van der Waals surface area contributed by atoms with Gasteiger partial charge in [0.2, 0.25) is 0 Å². The van der Waals surface area contributed by atoms with E-state index in [2.05, 4.69) is 20.6 Å². The molecule has 27 heavy (non-hydrogen) atoms. The predicted octanol–water partition coefficient (Wildman–Crippen LogP) is 2.62. The number of aromatic nitrogens is 2. The van der Waals surface area contributed by atoms with E-state index >= 15 is 0 Å². The van der Waals surface area contributed by atoms with E-state index < -0.39 is 5.82 Å². The minimum Gasteiger partial charge on any atom is -0.347 e. The summed E-state index contributed by atoms with van der Waals surface area (Å²) in [7, 11) is 0. The van der Waals surface area contributed by atoms with E-state index in [4.69, 9.17) is 0 Å². The number of benzene rings is 1. The summed E-state index contributed by atoms with van der Waals surface area (Å²) in [6, 6.07) is 5.70. The van der Waals surface area contributed by atoms with Crippen molar-refractivity contribution in [3.05, 3.63) is 59.9 Å². The van der Waals surface area contributed by atoms with Crippen molar-refractivity contribution in [3.8, 4) is 0 Å². The molecule has 6 nitrogen and oxygen atoms in total. The van der Waals surface area contributed by atoms with Crippen LogP contribution < -0.4 is 10.6 Å². The summed E-state index contributed by atoms with van der Waals surface area (Å²) in [5.41, 5.74) is -0.103. The third kappa shape index (κ3) is 3.54. The SMILES string of the molecule is O=C(N[C@]12CCC[C@@](NC(=O)c3cnccn3)(CC1)C2)c1cccc(F)c1. The summed E-state index contributed by atoms with van der Waals surface area (Å²) in [4.78, 5) is 33.1. The van der Waals surface area contributed by atoms with Crippen LogP contribution in [0, 0.1) is 5.82 Å². The summed E-state index contributed by atoms with van der Waals surface area (Å²) in [5, 5.41) is 6.25. The van der Waals surface area contributed by atoms with Crippen molar-refractivity contribution in [1.82, 2.24) is 20.6 Å². The molecule has 1 aromatic heterocycles. The summed E-state index contributed by atoms with van der Waals surface area (Å²) >= 11 is 0. The minimum absolute atomic E-state index is 0.239. The van der Waals surface area contributed by atoms with Gasteiger partial charge >= 0.3 is 0 Å². The van der Waals surface area contributed by atoms with Crippen molar-refractivity contribution in [2.75, 3.05) is 0 Å². The Hall–Kier alpha value is -2.83. The number of hydrogen-bond acceptors (Lipinski definition) is 4. The van der Waals surface area contributed by atoms with E-state index in [9.17, 15) is 14.0 Å². The number of carbonyl (C=O) groups excluding carboxylic acids is 2. The van der Waals surface area contributed by atoms with E-state index in [1.807, 2.05) is 0 Å². The Balaban J connectivity index is 1.48. The Kier molecular flexibility index (Phi) is 4.37. The number of halogens is 1. The van der Waals surface area contributed by atoms with E-state index in [1.54, 1.807) is 6.07 Å². The highest BCUT2D eigenvalue weighted by Gasteiger charge is 2.52. The highest BCUT2D eigenvalue weighted by Crippen LogP contribution is 2.48. The number of hydrogen-bond donors (Lipinski definition) is 2. The Labute approximate surface area is 156 Å². The van der Waals surface area contributed by atoms with E-state index in [1.165, 1.54) is 36.8 Å². The van der Waals surface area contributed by atoms with Gasteiger partial charge in [-0.1, -0.05) is 6.07 Å². The molecule has 1 heterocycles. The first-order valence-corrected chi connectivity index (χ1v) is 9.16. The molecular weight excluding hydrogens is 347 g/mol. The van der Waals surface area contributed by atoms with Gasteiger partial charge in [0, 0.05) is 29.0 Å². The Bertz CT molecular complexity index is 875. The third-order valence-corrected chi connectivity index (χ3v) is 5.71. The van der Waals surface area contributed by atoms with Crippen LogP contribution in [0.5, 0.6) is 0 Å². The lowest BCUT2D eigenvalue weighted by Gasteiger charge is -2.40. The molecule has 0 spiro atoms. The molecule has 0 aliphatic heterocycles. The number of carbonyl (C=O) groups is 2. The highest BCUT2D eigenvalue weighted by atomic mass is 19.1. The van der Waals surface area contributed by atoms with Crippen molar-refractivity contribution in [2.45, 2.75) is 49.6 Å². The zero-order valence-corrected chi connectivity index (χ0v) is 14.9. The number of rotatable bonds is 4. The smallest absolute Gasteiger partial charge is 0.271 e. The molecule has 2 aromatic rings. The molecule has 0 radical (unpaired) electrons. The molecule has 1 aromatic carbocycles. The van der Waals surface area contributed by atoms with Gasteiger partial charge in [-0.05, 0) is 56.7 Å². The lowest BCUT2D eigenvalue weighted by Crippen LogP contribution is -2.55. The summed E-state index contributed by atoms with van der Waals surface area (Å²) in [5.74, 6) is -0.939. The van der Waals surface area contributed by atoms with Crippen molar-refractivity contribution < 1.29 is 14.0 Å². The molecule has 4 rings (SSSR count). The van der Waals surface area contributed by atoms with Gasteiger partial charge in [-0.25, -0.2) is 9.37 Å². The fourth-order valence-electron chi connectivity index (χ4n) is 4.50. The molecule has 2 saturated carbocycles. The zero-order valence-electron chi connectivity index (χ0n) is 14.9. The second-order valence-electron chi connectivity index (χ2n) is 7.60. The molecule has 2 aliphatic carbocycles. The zero-order chi connectivity index (χ0) is 18.9. The van der Waals surface area contributed by atoms with Gasteiger partial charge in [0.1, 0.15) is 11.5 Å². The molecule has 140 valence electrons. The van der Waals surface area contributed by atoms with Gasteiger partial charge in [-0.2, -0.15) is 0 Å². The molecule has 0 unspecified atom stereocenters. The lowest BCUT2D eigenvalue weighted by atomic mass is 9.78. The average Bonchev–Trinajstić information content (AvgIpc) is 2.92. The van der Waals surface area contributed by atoms with Gasteiger partial charge < -0.3 is 10.6 Å². The maximum absolute atomic E-state index is 13.4. The van der Waals surface area contributed by atoms with Gasteiger partial charge in [0.05, 0.1) is 6.20 Å². The van der Waals surface area contributed by atoms with Crippen LogP contribution in [0.4, 0.5) is 4.39 Å². The highest BCUT2D eigenvalue weighted by molar-refractivity contribution is 5.95. The Morgan fingerprint density at radius 3 is 2.41 bits per heavy atom. The largest absolute Gasteiger partial charge is 0.347 e. The summed E-state index contributed by atoms with van der Waals surface area (Å²) in [6.45, 7) is 0. The van der Waals surface area contributed by atoms with Crippen LogP contribution in [0.1, 0.15) is 59.4 Å². The molecule has 2 bridgehead atoms. The standard InChI is InChI=1S/C20H21FN4O2/c21-15-4-1-3-14(11-15)17(26)24-19-5-2-6-20(13-19,8-7-19)25-18(27)16-12-22-9-10-23-16/h1,3-4,9-12H,2,5-8,13H2,(H,24,26)(H,25,27)/t19-,20-/m1/s1. The van der Waals surface area contributed by atoms with E-state index in [-0.39, 0.29) is 22.9 Å². The van der Waals surface area contributed by atoms with Crippen LogP contribution in [-0.2, 0) is 0 Å². The van der Waals surface area contributed by atoms with Crippen LogP contribution in [0.3, 0.4) is 0 Å². The van der Waals surface area contributed by atoms with Gasteiger partial charge in [0.25, 0.3) is 11.8 Å². The quantitative estimate of drug-likeness (QED) is 0.869. The van der Waals surface area contributed by atoms with Crippen molar-refractivity contribution in [1.29, 1.82) is 0 Å². The number of nitrogens with zero attached hydrogens (tertiary/aromatic N) is 2. The number of amides is 2. The number of nitrogens with one attached hydrogen (secondary N) is 2. The molecule has 2 fully saturated rings. The van der Waals surface area contributed by atoms with Crippen molar-refractivity contribution in [2.24, 2.45) is 0 Å².